The number of pyridine rings is 1. The molecule has 0 aliphatic carbocycles. The van der Waals surface area contributed by atoms with Crippen LogP contribution in [-0.2, 0) is 16.1 Å². The third kappa shape index (κ3) is 4.95. The Morgan fingerprint density at radius 2 is 2.26 bits per heavy atom. The molecule has 0 saturated carbocycles. The number of nitrogens with zero attached hydrogens (tertiary/aromatic N) is 3. The number of nitrogens with one attached hydrogen (secondary N) is 1. The van der Waals surface area contributed by atoms with E-state index in [1.807, 2.05) is 0 Å². The molecule has 9 nitrogen and oxygen atoms in total. The quantitative estimate of drug-likeness (QED) is 0.776. The Morgan fingerprint density at radius 1 is 1.44 bits per heavy atom. The summed E-state index contributed by atoms with van der Waals surface area (Å²) >= 11 is 5.78. The molecule has 0 spiro atoms. The molecule has 1 atom stereocenters. The molecule has 0 bridgehead atoms. The number of rotatable bonds is 5. The second-order valence-electron chi connectivity index (χ2n) is 6.16. The monoisotopic (exact) mass is 394 g/mol. The minimum atomic E-state index is -0.610. The summed E-state index contributed by atoms with van der Waals surface area (Å²) < 4.78 is 12.4. The number of ether oxygens (including phenoxy) is 2. The zero-order valence-electron chi connectivity index (χ0n) is 14.7. The van der Waals surface area contributed by atoms with Crippen molar-refractivity contribution in [2.75, 3.05) is 26.3 Å². The average Bonchev–Trinajstić information content (AvgIpc) is 2.66. The molecule has 1 N–H and O–H groups in total. The molecule has 1 unspecified atom stereocenters. The summed E-state index contributed by atoms with van der Waals surface area (Å²) in [5.74, 6) is 0.184. The molecule has 0 aromatic carbocycles. The van der Waals surface area contributed by atoms with E-state index in [0.717, 1.165) is 0 Å². The fraction of sp³-hybridized carbons (Fsp3) is 0.412. The lowest BCUT2D eigenvalue weighted by molar-refractivity contribution is -0.140. The number of hydrogen-bond acceptors (Lipinski definition) is 6. The Labute approximate surface area is 159 Å². The van der Waals surface area contributed by atoms with Gasteiger partial charge in [0.05, 0.1) is 18.2 Å². The lowest BCUT2D eigenvalue weighted by atomic mass is 10.2. The molecule has 2 aromatic rings. The van der Waals surface area contributed by atoms with Crippen molar-refractivity contribution in [2.24, 2.45) is 0 Å². The SMILES string of the molecule is Cc1cn(CC(=O)N2CCOC(COc3ccc(Cl)cn3)C2)c(=O)[nH]c1=O. The van der Waals surface area contributed by atoms with Gasteiger partial charge in [0.1, 0.15) is 19.3 Å². The number of halogens is 1. The number of hydrogen-bond donors (Lipinski definition) is 1. The summed E-state index contributed by atoms with van der Waals surface area (Å²) in [5.41, 5.74) is -0.699. The topological polar surface area (TPSA) is 107 Å². The molecular weight excluding hydrogens is 376 g/mol. The van der Waals surface area contributed by atoms with E-state index in [-0.39, 0.29) is 25.2 Å². The minimum Gasteiger partial charge on any atom is -0.475 e. The molecule has 10 heteroatoms. The van der Waals surface area contributed by atoms with Crippen LogP contribution in [0.25, 0.3) is 0 Å². The Morgan fingerprint density at radius 3 is 3.00 bits per heavy atom. The highest BCUT2D eigenvalue weighted by molar-refractivity contribution is 6.30. The van der Waals surface area contributed by atoms with E-state index in [9.17, 15) is 14.4 Å². The van der Waals surface area contributed by atoms with Gasteiger partial charge >= 0.3 is 5.69 Å². The van der Waals surface area contributed by atoms with Crippen molar-refractivity contribution in [3.05, 3.63) is 56.0 Å². The molecule has 2 aromatic heterocycles. The highest BCUT2D eigenvalue weighted by Crippen LogP contribution is 2.13. The standard InChI is InChI=1S/C17H19ClN4O5/c1-11-7-22(17(25)20-16(11)24)9-15(23)21-4-5-26-13(8-21)10-27-14-3-2-12(18)6-19-14/h2-3,6-7,13H,4-5,8-10H2,1H3,(H,20,24,25). The van der Waals surface area contributed by atoms with Crippen LogP contribution in [0.5, 0.6) is 5.88 Å². The molecule has 3 heterocycles. The molecule has 0 radical (unpaired) electrons. The molecule has 144 valence electrons. The fourth-order valence-corrected chi connectivity index (χ4v) is 2.77. The second-order valence-corrected chi connectivity index (χ2v) is 6.59. The van der Waals surface area contributed by atoms with Gasteiger partial charge in [-0.1, -0.05) is 11.6 Å². The lowest BCUT2D eigenvalue weighted by Crippen LogP contribution is -2.49. The largest absolute Gasteiger partial charge is 0.475 e. The van der Waals surface area contributed by atoms with E-state index in [0.29, 0.717) is 36.2 Å². The molecule has 1 aliphatic rings. The van der Waals surface area contributed by atoms with Crippen molar-refractivity contribution in [1.82, 2.24) is 19.4 Å². The minimum absolute atomic E-state index is 0.150. The summed E-state index contributed by atoms with van der Waals surface area (Å²) in [7, 11) is 0. The molecule has 1 saturated heterocycles. The number of carbonyl (C=O) groups excluding carboxylic acids is 1. The smallest absolute Gasteiger partial charge is 0.328 e. The summed E-state index contributed by atoms with van der Waals surface area (Å²) in [4.78, 5) is 43.6. The number of aromatic amines is 1. The third-order valence-corrected chi connectivity index (χ3v) is 4.33. The third-order valence-electron chi connectivity index (χ3n) is 4.10. The fourth-order valence-electron chi connectivity index (χ4n) is 2.65. The zero-order valence-corrected chi connectivity index (χ0v) is 15.4. The Kier molecular flexibility index (Phi) is 5.92. The van der Waals surface area contributed by atoms with Crippen molar-refractivity contribution >= 4 is 17.5 Å². The van der Waals surface area contributed by atoms with E-state index in [2.05, 4.69) is 9.97 Å². The molecule has 1 amide bonds. The van der Waals surface area contributed by atoms with E-state index >= 15 is 0 Å². The lowest BCUT2D eigenvalue weighted by Gasteiger charge is -2.32. The van der Waals surface area contributed by atoms with Crippen LogP contribution in [-0.4, -0.2) is 57.7 Å². The van der Waals surface area contributed by atoms with Gasteiger partial charge in [-0.3, -0.25) is 19.1 Å². The molecule has 3 rings (SSSR count). The van der Waals surface area contributed by atoms with Gasteiger partial charge in [-0.25, -0.2) is 9.78 Å². The number of aryl methyl sites for hydroxylation is 1. The summed E-state index contributed by atoms with van der Waals surface area (Å²) in [6, 6.07) is 3.32. The summed E-state index contributed by atoms with van der Waals surface area (Å²) in [6.07, 6.45) is 2.55. The number of morpholine rings is 1. The van der Waals surface area contributed by atoms with Gasteiger partial charge in [0.2, 0.25) is 11.8 Å². The number of H-pyrrole nitrogens is 1. The van der Waals surface area contributed by atoms with E-state index < -0.39 is 11.2 Å². The normalized spacial score (nSPS) is 17.0. The van der Waals surface area contributed by atoms with Crippen LogP contribution in [0.15, 0.2) is 34.1 Å². The van der Waals surface area contributed by atoms with Gasteiger partial charge in [-0.05, 0) is 13.0 Å². The van der Waals surface area contributed by atoms with Crippen LogP contribution < -0.4 is 16.0 Å². The zero-order chi connectivity index (χ0) is 19.4. The van der Waals surface area contributed by atoms with Crippen LogP contribution in [0.3, 0.4) is 0 Å². The predicted octanol–water partition coefficient (Wildman–Crippen LogP) is 0.200. The van der Waals surface area contributed by atoms with Gasteiger partial charge in [-0.15, -0.1) is 0 Å². The van der Waals surface area contributed by atoms with Crippen molar-refractivity contribution in [3.8, 4) is 5.88 Å². The van der Waals surface area contributed by atoms with E-state index in [4.69, 9.17) is 21.1 Å². The van der Waals surface area contributed by atoms with Crippen LogP contribution in [0.1, 0.15) is 5.56 Å². The molecule has 1 fully saturated rings. The maximum Gasteiger partial charge on any atom is 0.328 e. The summed E-state index contributed by atoms with van der Waals surface area (Å²) in [5, 5.41) is 0.515. The summed E-state index contributed by atoms with van der Waals surface area (Å²) in [6.45, 7) is 2.79. The maximum absolute atomic E-state index is 12.5. The average molecular weight is 395 g/mol. The van der Waals surface area contributed by atoms with Gasteiger partial charge < -0.3 is 14.4 Å². The van der Waals surface area contributed by atoms with Gasteiger partial charge in [0, 0.05) is 30.6 Å². The van der Waals surface area contributed by atoms with E-state index in [1.54, 1.807) is 24.0 Å². The highest BCUT2D eigenvalue weighted by atomic mass is 35.5. The Balaban J connectivity index is 1.58. The first-order valence-corrected chi connectivity index (χ1v) is 8.74. The van der Waals surface area contributed by atoms with Gasteiger partial charge in [0.25, 0.3) is 5.56 Å². The number of amides is 1. The van der Waals surface area contributed by atoms with Crippen LogP contribution >= 0.6 is 11.6 Å². The van der Waals surface area contributed by atoms with Crippen molar-refractivity contribution in [3.63, 3.8) is 0 Å². The van der Waals surface area contributed by atoms with Crippen LogP contribution in [0, 0.1) is 6.92 Å². The second kappa shape index (κ2) is 8.36. The predicted molar refractivity (Wildman–Crippen MR) is 97.1 cm³/mol. The maximum atomic E-state index is 12.5. The van der Waals surface area contributed by atoms with E-state index in [1.165, 1.54) is 17.0 Å². The molecular formula is C17H19ClN4O5. The van der Waals surface area contributed by atoms with Crippen molar-refractivity contribution < 1.29 is 14.3 Å². The Hall–Kier alpha value is -2.65. The highest BCUT2D eigenvalue weighted by Gasteiger charge is 2.25. The van der Waals surface area contributed by atoms with Gasteiger partial charge in [0.15, 0.2) is 0 Å². The van der Waals surface area contributed by atoms with Crippen molar-refractivity contribution in [1.29, 1.82) is 0 Å². The first-order valence-electron chi connectivity index (χ1n) is 8.36. The molecule has 1 aliphatic heterocycles. The first-order chi connectivity index (χ1) is 12.9. The number of aromatic nitrogens is 3. The number of carbonyl (C=O) groups is 1. The molecule has 27 heavy (non-hydrogen) atoms. The van der Waals surface area contributed by atoms with Crippen LogP contribution in [0.4, 0.5) is 0 Å². The Bertz CT molecular complexity index is 924. The van der Waals surface area contributed by atoms with Crippen molar-refractivity contribution in [2.45, 2.75) is 19.6 Å². The van der Waals surface area contributed by atoms with Gasteiger partial charge in [-0.2, -0.15) is 0 Å². The van der Waals surface area contributed by atoms with Crippen LogP contribution in [0.2, 0.25) is 5.02 Å². The first kappa shape index (κ1) is 19.1.